The summed E-state index contributed by atoms with van der Waals surface area (Å²) in [6, 6.07) is 3.72. The molecule has 1 fully saturated rings. The van der Waals surface area contributed by atoms with Crippen LogP contribution in [0.3, 0.4) is 0 Å². The van der Waals surface area contributed by atoms with E-state index in [1.165, 1.54) is 25.5 Å². The summed E-state index contributed by atoms with van der Waals surface area (Å²) >= 11 is 5.75. The molecule has 3 atom stereocenters. The van der Waals surface area contributed by atoms with Crippen LogP contribution in [-0.2, 0) is 9.53 Å². The molecular formula is C17H21ClFNO3. The first-order valence-electron chi connectivity index (χ1n) is 7.85. The van der Waals surface area contributed by atoms with Gasteiger partial charge < -0.3 is 10.1 Å². The van der Waals surface area contributed by atoms with Crippen molar-refractivity contribution in [2.45, 2.75) is 51.7 Å². The van der Waals surface area contributed by atoms with Crippen molar-refractivity contribution in [3.8, 4) is 0 Å². The first-order valence-corrected chi connectivity index (χ1v) is 8.22. The second kappa shape index (κ2) is 7.77. The lowest BCUT2D eigenvalue weighted by Gasteiger charge is -2.30. The topological polar surface area (TPSA) is 55.4 Å². The number of esters is 1. The molecule has 1 saturated carbocycles. The van der Waals surface area contributed by atoms with Crippen molar-refractivity contribution in [3.05, 3.63) is 34.6 Å². The van der Waals surface area contributed by atoms with Gasteiger partial charge in [-0.2, -0.15) is 0 Å². The predicted octanol–water partition coefficient (Wildman–Crippen LogP) is 3.72. The number of carbonyl (C=O) groups excluding carboxylic acids is 2. The molecule has 1 aromatic carbocycles. The third-order valence-corrected chi connectivity index (χ3v) is 4.48. The summed E-state index contributed by atoms with van der Waals surface area (Å²) in [5.41, 5.74) is -0.275. The zero-order valence-electron chi connectivity index (χ0n) is 13.3. The van der Waals surface area contributed by atoms with Crippen molar-refractivity contribution in [2.75, 3.05) is 0 Å². The van der Waals surface area contributed by atoms with E-state index in [0.29, 0.717) is 5.92 Å². The van der Waals surface area contributed by atoms with E-state index in [0.717, 1.165) is 25.3 Å². The molecule has 1 aromatic rings. The molecule has 0 aromatic heterocycles. The minimum absolute atomic E-state index is 0.0975. The number of halogens is 2. The minimum Gasteiger partial charge on any atom is -0.449 e. The lowest BCUT2D eigenvalue weighted by molar-refractivity contribution is -0.130. The van der Waals surface area contributed by atoms with E-state index in [4.69, 9.17) is 16.3 Å². The first kappa shape index (κ1) is 17.7. The maximum Gasteiger partial charge on any atom is 0.341 e. The van der Waals surface area contributed by atoms with Gasteiger partial charge >= 0.3 is 5.97 Å². The quantitative estimate of drug-likeness (QED) is 0.849. The number of amides is 1. The summed E-state index contributed by atoms with van der Waals surface area (Å²) in [6.45, 7) is 3.57. The molecule has 0 radical (unpaired) electrons. The molecule has 126 valence electrons. The van der Waals surface area contributed by atoms with Crippen molar-refractivity contribution in [1.82, 2.24) is 5.32 Å². The second-order valence-corrected chi connectivity index (χ2v) is 6.48. The summed E-state index contributed by atoms with van der Waals surface area (Å²) < 4.78 is 18.7. The van der Waals surface area contributed by atoms with E-state index < -0.39 is 17.9 Å². The van der Waals surface area contributed by atoms with Crippen LogP contribution in [0.25, 0.3) is 0 Å². The standard InChI is InChI=1S/C17H21ClFNO3/c1-10-5-3-4-6-15(10)20-16(21)11(2)23-17(22)13-9-12(18)7-8-14(13)19/h7-11,15H,3-6H2,1-2H3,(H,20,21)/t10-,11-,15-/m1/s1. The fraction of sp³-hybridized carbons (Fsp3) is 0.529. The molecule has 0 saturated heterocycles. The normalized spacial score (nSPS) is 22.3. The van der Waals surface area contributed by atoms with Crippen LogP contribution in [-0.4, -0.2) is 24.0 Å². The van der Waals surface area contributed by atoms with E-state index in [9.17, 15) is 14.0 Å². The Labute approximate surface area is 140 Å². The van der Waals surface area contributed by atoms with Crippen LogP contribution < -0.4 is 5.32 Å². The zero-order chi connectivity index (χ0) is 17.0. The molecule has 0 unspecified atom stereocenters. The van der Waals surface area contributed by atoms with Crippen molar-refractivity contribution in [2.24, 2.45) is 5.92 Å². The molecule has 2 rings (SSSR count). The Morgan fingerprint density at radius 1 is 1.35 bits per heavy atom. The Kier molecular flexibility index (Phi) is 5.99. The largest absolute Gasteiger partial charge is 0.449 e. The maximum atomic E-state index is 13.6. The van der Waals surface area contributed by atoms with Crippen LogP contribution in [0.2, 0.25) is 5.02 Å². The van der Waals surface area contributed by atoms with Gasteiger partial charge in [0, 0.05) is 11.1 Å². The lowest BCUT2D eigenvalue weighted by Crippen LogP contribution is -2.46. The number of nitrogens with one attached hydrogen (secondary N) is 1. The van der Waals surface area contributed by atoms with Gasteiger partial charge in [-0.1, -0.05) is 31.4 Å². The van der Waals surface area contributed by atoms with Crippen molar-refractivity contribution in [3.63, 3.8) is 0 Å². The molecule has 1 N–H and O–H groups in total. The Hall–Kier alpha value is -1.62. The van der Waals surface area contributed by atoms with Gasteiger partial charge in [0.25, 0.3) is 5.91 Å². The van der Waals surface area contributed by atoms with Gasteiger partial charge in [-0.15, -0.1) is 0 Å². The Bertz CT molecular complexity index is 593. The molecule has 6 heteroatoms. The van der Waals surface area contributed by atoms with Crippen LogP contribution in [0.5, 0.6) is 0 Å². The molecule has 0 heterocycles. The summed E-state index contributed by atoms with van der Waals surface area (Å²) in [5, 5.41) is 3.14. The summed E-state index contributed by atoms with van der Waals surface area (Å²) in [6.07, 6.45) is 3.27. The predicted molar refractivity (Wildman–Crippen MR) is 85.9 cm³/mol. The lowest BCUT2D eigenvalue weighted by atomic mass is 9.86. The van der Waals surface area contributed by atoms with Gasteiger partial charge in [-0.25, -0.2) is 9.18 Å². The van der Waals surface area contributed by atoms with Gasteiger partial charge in [-0.3, -0.25) is 4.79 Å². The SMILES string of the molecule is C[C@@H]1CCCC[C@H]1NC(=O)[C@@H](C)OC(=O)c1cc(Cl)ccc1F. The van der Waals surface area contributed by atoms with Crippen LogP contribution in [0.1, 0.15) is 49.9 Å². The summed E-state index contributed by atoms with van der Waals surface area (Å²) in [5.74, 6) is -1.59. The smallest absolute Gasteiger partial charge is 0.341 e. The highest BCUT2D eigenvalue weighted by atomic mass is 35.5. The van der Waals surface area contributed by atoms with E-state index in [1.54, 1.807) is 0 Å². The molecule has 0 spiro atoms. The summed E-state index contributed by atoms with van der Waals surface area (Å²) in [7, 11) is 0. The number of carbonyl (C=O) groups is 2. The molecule has 0 aliphatic heterocycles. The number of ether oxygens (including phenoxy) is 1. The van der Waals surface area contributed by atoms with Crippen molar-refractivity contribution in [1.29, 1.82) is 0 Å². The monoisotopic (exact) mass is 341 g/mol. The fourth-order valence-corrected chi connectivity index (χ4v) is 2.93. The average molecular weight is 342 g/mol. The second-order valence-electron chi connectivity index (χ2n) is 6.05. The zero-order valence-corrected chi connectivity index (χ0v) is 14.0. The molecule has 4 nitrogen and oxygen atoms in total. The molecular weight excluding hydrogens is 321 g/mol. The Morgan fingerprint density at radius 3 is 2.74 bits per heavy atom. The van der Waals surface area contributed by atoms with E-state index in [-0.39, 0.29) is 22.5 Å². The molecule has 1 aliphatic carbocycles. The fourth-order valence-electron chi connectivity index (χ4n) is 2.76. The third kappa shape index (κ3) is 4.67. The van der Waals surface area contributed by atoms with Gasteiger partial charge in [0.1, 0.15) is 5.82 Å². The van der Waals surface area contributed by atoms with Gasteiger partial charge in [0.15, 0.2) is 6.10 Å². The van der Waals surface area contributed by atoms with E-state index >= 15 is 0 Å². The highest BCUT2D eigenvalue weighted by Gasteiger charge is 2.27. The molecule has 1 amide bonds. The average Bonchev–Trinajstić information content (AvgIpc) is 2.51. The Morgan fingerprint density at radius 2 is 2.04 bits per heavy atom. The van der Waals surface area contributed by atoms with Gasteiger partial charge in [0.2, 0.25) is 0 Å². The van der Waals surface area contributed by atoms with E-state index in [1.807, 2.05) is 0 Å². The number of hydrogen-bond acceptors (Lipinski definition) is 3. The highest BCUT2D eigenvalue weighted by molar-refractivity contribution is 6.30. The van der Waals surface area contributed by atoms with Crippen molar-refractivity contribution < 1.29 is 18.7 Å². The number of hydrogen-bond donors (Lipinski definition) is 1. The van der Waals surface area contributed by atoms with Crippen LogP contribution in [0, 0.1) is 11.7 Å². The minimum atomic E-state index is -0.991. The third-order valence-electron chi connectivity index (χ3n) is 4.24. The highest BCUT2D eigenvalue weighted by Crippen LogP contribution is 2.24. The van der Waals surface area contributed by atoms with Gasteiger partial charge in [-0.05, 0) is 43.9 Å². The molecule has 23 heavy (non-hydrogen) atoms. The number of rotatable bonds is 4. The van der Waals surface area contributed by atoms with Gasteiger partial charge in [0.05, 0.1) is 5.56 Å². The maximum absolute atomic E-state index is 13.6. The van der Waals surface area contributed by atoms with Crippen LogP contribution in [0.15, 0.2) is 18.2 Å². The molecule has 1 aliphatic rings. The Balaban J connectivity index is 1.94. The summed E-state index contributed by atoms with van der Waals surface area (Å²) in [4.78, 5) is 24.2. The molecule has 0 bridgehead atoms. The van der Waals surface area contributed by atoms with Crippen LogP contribution >= 0.6 is 11.6 Å². The van der Waals surface area contributed by atoms with Crippen LogP contribution in [0.4, 0.5) is 4.39 Å². The number of benzene rings is 1. The van der Waals surface area contributed by atoms with Crippen molar-refractivity contribution >= 4 is 23.5 Å². The first-order chi connectivity index (χ1) is 10.9. The van der Waals surface area contributed by atoms with E-state index in [2.05, 4.69) is 12.2 Å².